The third-order valence-corrected chi connectivity index (χ3v) is 13.0. The molecule has 0 aromatic heterocycles. The van der Waals surface area contributed by atoms with Gasteiger partial charge in [-0.25, -0.2) is 8.42 Å². The molecule has 186 valence electrons. The van der Waals surface area contributed by atoms with Crippen molar-refractivity contribution in [1.82, 2.24) is 10.2 Å². The number of hydrogen-bond acceptors (Lipinski definition) is 4. The van der Waals surface area contributed by atoms with Crippen LogP contribution >= 0.6 is 0 Å². The van der Waals surface area contributed by atoms with Crippen molar-refractivity contribution in [3.8, 4) is 0 Å². The van der Waals surface area contributed by atoms with Crippen LogP contribution in [0.2, 0.25) is 0 Å². The summed E-state index contributed by atoms with van der Waals surface area (Å²) in [4.78, 5) is 15.5. The number of amides is 1. The maximum Gasteiger partial charge on any atom is 0.241 e. The molecule has 5 fully saturated rings. The Labute approximate surface area is 205 Å². The smallest absolute Gasteiger partial charge is 0.241 e. The van der Waals surface area contributed by atoms with Crippen LogP contribution in [0.1, 0.15) is 71.6 Å². The Morgan fingerprint density at radius 2 is 1.62 bits per heavy atom. The molecule has 1 amide bonds. The first-order chi connectivity index (χ1) is 16.2. The monoisotopic (exact) mass is 484 g/mol. The van der Waals surface area contributed by atoms with Gasteiger partial charge in [0.15, 0.2) is 9.84 Å². The zero-order chi connectivity index (χ0) is 23.9. The summed E-state index contributed by atoms with van der Waals surface area (Å²) in [6.07, 6.45) is 10.3. The standard InChI is InChI=1S/C28H40N2O3S/c1-27-16-15-22-20(21(27)12-13-24(27)29-18-9-10-18)11-14-25-28(22,2)17-23(26(31)30(25)3)34(32,33)19-7-5-4-6-8-19/h4-8,18,20-25,29H,9-17H2,1-3H3/t20-,21-,22-,23?,24-,25+,27-,28+/m0/s1. The summed E-state index contributed by atoms with van der Waals surface area (Å²) in [5.41, 5.74) is 0.209. The van der Waals surface area contributed by atoms with Crippen molar-refractivity contribution in [2.45, 2.75) is 99.9 Å². The molecule has 0 spiro atoms. The molecular formula is C28H40N2O3S. The van der Waals surface area contributed by atoms with E-state index in [1.807, 2.05) is 18.0 Å². The Bertz CT molecular complexity index is 1070. The van der Waals surface area contributed by atoms with Crippen LogP contribution in [-0.2, 0) is 14.6 Å². The molecule has 4 saturated carbocycles. The Morgan fingerprint density at radius 3 is 2.32 bits per heavy atom. The van der Waals surface area contributed by atoms with Gasteiger partial charge >= 0.3 is 0 Å². The molecule has 5 nitrogen and oxygen atoms in total. The van der Waals surface area contributed by atoms with Crippen LogP contribution in [0.4, 0.5) is 0 Å². The van der Waals surface area contributed by atoms with Crippen LogP contribution in [0.25, 0.3) is 0 Å². The van der Waals surface area contributed by atoms with Crippen LogP contribution in [0.3, 0.4) is 0 Å². The zero-order valence-electron chi connectivity index (χ0n) is 20.9. The third kappa shape index (κ3) is 3.27. The lowest BCUT2D eigenvalue weighted by Crippen LogP contribution is -2.65. The fraction of sp³-hybridized carbons (Fsp3) is 0.750. The van der Waals surface area contributed by atoms with E-state index in [-0.39, 0.29) is 22.3 Å². The predicted molar refractivity (Wildman–Crippen MR) is 133 cm³/mol. The van der Waals surface area contributed by atoms with E-state index in [0.29, 0.717) is 35.6 Å². The number of piperidine rings is 1. The van der Waals surface area contributed by atoms with Gasteiger partial charge in [0.25, 0.3) is 0 Å². The van der Waals surface area contributed by atoms with E-state index in [4.69, 9.17) is 0 Å². The Kier molecular flexibility index (Phi) is 5.28. The summed E-state index contributed by atoms with van der Waals surface area (Å²) < 4.78 is 27.3. The number of benzene rings is 1. The summed E-state index contributed by atoms with van der Waals surface area (Å²) in [5, 5.41) is 3.01. The summed E-state index contributed by atoms with van der Waals surface area (Å²) in [6.45, 7) is 4.86. The number of carbonyl (C=O) groups excluding carboxylic acids is 1. The quantitative estimate of drug-likeness (QED) is 0.687. The second-order valence-electron chi connectivity index (χ2n) is 12.6. The van der Waals surface area contributed by atoms with Crippen LogP contribution in [0, 0.1) is 28.6 Å². The van der Waals surface area contributed by atoms with E-state index in [2.05, 4.69) is 19.2 Å². The highest BCUT2D eigenvalue weighted by molar-refractivity contribution is 7.92. The molecule has 6 heteroatoms. The predicted octanol–water partition coefficient (Wildman–Crippen LogP) is 4.42. The number of rotatable bonds is 4. The second-order valence-corrected chi connectivity index (χ2v) is 14.7. The SMILES string of the molecule is CN1C(=O)C(S(=O)(=O)c2ccccc2)C[C@]2(C)[C@H]3CC[C@]4(C)[C@@H](NC5CC5)CC[C@H]4[C@@H]3CC[C@@H]12. The minimum absolute atomic E-state index is 0.148. The molecule has 1 saturated heterocycles. The van der Waals surface area contributed by atoms with Crippen LogP contribution < -0.4 is 5.32 Å². The molecule has 8 atom stereocenters. The first kappa shape index (κ1) is 23.0. The minimum atomic E-state index is -3.72. The zero-order valence-corrected chi connectivity index (χ0v) is 21.7. The Hall–Kier alpha value is -1.40. The average Bonchev–Trinajstić information content (AvgIpc) is 3.58. The number of hydrogen-bond donors (Lipinski definition) is 1. The maximum absolute atomic E-state index is 13.6. The number of nitrogens with one attached hydrogen (secondary N) is 1. The topological polar surface area (TPSA) is 66.5 Å². The number of sulfone groups is 1. The molecule has 34 heavy (non-hydrogen) atoms. The highest BCUT2D eigenvalue weighted by Crippen LogP contribution is 2.65. The molecule has 1 aliphatic heterocycles. The molecule has 1 heterocycles. The molecule has 1 N–H and O–H groups in total. The average molecular weight is 485 g/mol. The lowest BCUT2D eigenvalue weighted by molar-refractivity contribution is -0.156. The van der Waals surface area contributed by atoms with Gasteiger partial charge in [0.2, 0.25) is 5.91 Å². The molecule has 1 aromatic rings. The normalized spacial score (nSPS) is 44.3. The van der Waals surface area contributed by atoms with Crippen molar-refractivity contribution >= 4 is 15.7 Å². The molecule has 0 bridgehead atoms. The van der Waals surface area contributed by atoms with Gasteiger partial charge in [-0.3, -0.25) is 4.79 Å². The van der Waals surface area contributed by atoms with Crippen LogP contribution in [0.5, 0.6) is 0 Å². The van der Waals surface area contributed by atoms with Crippen molar-refractivity contribution in [3.05, 3.63) is 30.3 Å². The van der Waals surface area contributed by atoms with Gasteiger partial charge in [0.05, 0.1) is 4.90 Å². The molecule has 1 aromatic carbocycles. The van der Waals surface area contributed by atoms with E-state index in [1.165, 1.54) is 38.5 Å². The highest BCUT2D eigenvalue weighted by Gasteiger charge is 2.63. The number of nitrogens with zero attached hydrogens (tertiary/aromatic N) is 1. The highest BCUT2D eigenvalue weighted by atomic mass is 32.2. The minimum Gasteiger partial charge on any atom is -0.341 e. The van der Waals surface area contributed by atoms with Crippen molar-refractivity contribution in [1.29, 1.82) is 0 Å². The van der Waals surface area contributed by atoms with Crippen LogP contribution in [-0.4, -0.2) is 49.6 Å². The van der Waals surface area contributed by atoms with E-state index >= 15 is 0 Å². The summed E-state index contributed by atoms with van der Waals surface area (Å²) in [7, 11) is -1.86. The largest absolute Gasteiger partial charge is 0.341 e. The first-order valence-electron chi connectivity index (χ1n) is 13.5. The maximum atomic E-state index is 13.6. The Morgan fingerprint density at radius 1 is 0.912 bits per heavy atom. The van der Waals surface area contributed by atoms with Gasteiger partial charge < -0.3 is 10.2 Å². The fourth-order valence-electron chi connectivity index (χ4n) is 9.05. The third-order valence-electron chi connectivity index (χ3n) is 11.0. The van der Waals surface area contributed by atoms with Crippen molar-refractivity contribution in [3.63, 3.8) is 0 Å². The Balaban J connectivity index is 1.31. The summed E-state index contributed by atoms with van der Waals surface area (Å²) in [5.74, 6) is 1.65. The fourth-order valence-corrected chi connectivity index (χ4v) is 10.9. The van der Waals surface area contributed by atoms with Gasteiger partial charge in [-0.15, -0.1) is 0 Å². The first-order valence-corrected chi connectivity index (χ1v) is 15.0. The van der Waals surface area contributed by atoms with Gasteiger partial charge in [-0.05, 0) is 98.5 Å². The lowest BCUT2D eigenvalue weighted by atomic mass is 9.47. The van der Waals surface area contributed by atoms with E-state index in [0.717, 1.165) is 18.9 Å². The van der Waals surface area contributed by atoms with E-state index in [9.17, 15) is 13.2 Å². The number of likely N-dealkylation sites (tertiary alicyclic amines) is 1. The molecule has 5 aliphatic rings. The van der Waals surface area contributed by atoms with E-state index in [1.54, 1.807) is 24.3 Å². The number of carbonyl (C=O) groups is 1. The second kappa shape index (κ2) is 7.80. The van der Waals surface area contributed by atoms with Crippen molar-refractivity contribution < 1.29 is 13.2 Å². The van der Waals surface area contributed by atoms with Crippen molar-refractivity contribution in [2.24, 2.45) is 28.6 Å². The molecule has 4 aliphatic carbocycles. The molecule has 0 radical (unpaired) electrons. The number of fused-ring (bicyclic) bond motifs is 5. The molecule has 6 rings (SSSR count). The molecular weight excluding hydrogens is 444 g/mol. The van der Waals surface area contributed by atoms with Gasteiger partial charge in [0.1, 0.15) is 5.25 Å². The lowest BCUT2D eigenvalue weighted by Gasteiger charge is -2.62. The summed E-state index contributed by atoms with van der Waals surface area (Å²) in [6, 6.07) is 10.1. The van der Waals surface area contributed by atoms with Gasteiger partial charge in [-0.2, -0.15) is 0 Å². The molecule has 1 unspecified atom stereocenters. The summed E-state index contributed by atoms with van der Waals surface area (Å²) >= 11 is 0. The van der Waals surface area contributed by atoms with E-state index < -0.39 is 15.1 Å². The van der Waals surface area contributed by atoms with Crippen LogP contribution in [0.15, 0.2) is 35.2 Å². The van der Waals surface area contributed by atoms with Gasteiger partial charge in [-0.1, -0.05) is 32.0 Å². The van der Waals surface area contributed by atoms with Gasteiger partial charge in [0, 0.05) is 25.2 Å². The van der Waals surface area contributed by atoms with Crippen molar-refractivity contribution in [2.75, 3.05) is 7.05 Å².